The molecule has 0 radical (unpaired) electrons. The summed E-state index contributed by atoms with van der Waals surface area (Å²) in [6.45, 7) is 2.28. The molecule has 1 N–H and O–H groups in total. The highest BCUT2D eigenvalue weighted by molar-refractivity contribution is 14.1. The maximum atomic E-state index is 13.6. The van der Waals surface area contributed by atoms with Gasteiger partial charge in [-0.25, -0.2) is 4.79 Å². The lowest BCUT2D eigenvalue weighted by atomic mass is 9.80. The number of fused-ring (bicyclic) bond motifs is 3. The molecule has 2 aliphatic rings. The Balaban J connectivity index is 1.35. The van der Waals surface area contributed by atoms with Gasteiger partial charge in [-0.3, -0.25) is 4.79 Å². The number of esters is 1. The van der Waals surface area contributed by atoms with Crippen molar-refractivity contribution in [3.05, 3.63) is 128 Å². The normalized spacial score (nSPS) is 16.3. The summed E-state index contributed by atoms with van der Waals surface area (Å²) < 4.78 is 12.2. The van der Waals surface area contributed by atoms with Crippen LogP contribution in [0, 0.1) is 3.57 Å². The number of nitrogens with one attached hydrogen (secondary N) is 1. The van der Waals surface area contributed by atoms with E-state index in [2.05, 4.69) is 58.2 Å². The van der Waals surface area contributed by atoms with Crippen molar-refractivity contribution >= 4 is 50.8 Å². The minimum absolute atomic E-state index is 0.0753. The van der Waals surface area contributed by atoms with Crippen molar-refractivity contribution in [1.29, 1.82) is 0 Å². The van der Waals surface area contributed by atoms with Gasteiger partial charge in [-0.2, -0.15) is 0 Å². The molecule has 1 atom stereocenters. The lowest BCUT2D eigenvalue weighted by Gasteiger charge is -2.29. The number of rotatable bonds is 5. The van der Waals surface area contributed by atoms with Crippen molar-refractivity contribution in [3.8, 4) is 5.75 Å². The van der Waals surface area contributed by atoms with Crippen LogP contribution < -0.4 is 10.1 Å². The van der Waals surface area contributed by atoms with Crippen LogP contribution in [0.25, 0.3) is 16.5 Å². The number of halogens is 1. The average molecular weight is 613 g/mol. The fraction of sp³-hybridized carbons (Fsp3) is 0.125. The summed E-state index contributed by atoms with van der Waals surface area (Å²) in [4.78, 5) is 26.5. The number of dihydropyridines is 1. The number of carbonyl (C=O) groups excluding carboxylic acids is 2. The molecule has 0 aromatic heterocycles. The summed E-state index contributed by atoms with van der Waals surface area (Å²) >= 11 is 2.25. The predicted octanol–water partition coefficient (Wildman–Crippen LogP) is 6.76. The largest absolute Gasteiger partial charge is 0.488 e. The molecule has 188 valence electrons. The van der Waals surface area contributed by atoms with Crippen molar-refractivity contribution in [1.82, 2.24) is 5.32 Å². The van der Waals surface area contributed by atoms with Crippen LogP contribution in [0.15, 0.2) is 102 Å². The van der Waals surface area contributed by atoms with Crippen molar-refractivity contribution in [3.63, 3.8) is 0 Å². The monoisotopic (exact) mass is 613 g/mol. The first-order valence-electron chi connectivity index (χ1n) is 12.3. The average Bonchev–Trinajstić information content (AvgIpc) is 3.22. The van der Waals surface area contributed by atoms with Crippen LogP contribution in [0.1, 0.15) is 39.9 Å². The molecule has 6 heteroatoms. The fourth-order valence-corrected chi connectivity index (χ4v) is 6.04. The summed E-state index contributed by atoms with van der Waals surface area (Å²) in [6, 6.07) is 27.9. The third kappa shape index (κ3) is 4.09. The van der Waals surface area contributed by atoms with Crippen molar-refractivity contribution in [2.75, 3.05) is 7.11 Å². The Hall–Kier alpha value is -3.91. The van der Waals surface area contributed by atoms with Crippen LogP contribution >= 0.6 is 22.6 Å². The standard InChI is InChI=1S/C32H24INO4/c1-18-27(32(36)37-2)28(29-30(34-18)23-9-5-6-10-24(23)31(29)35)22-13-14-26(25(33)16-22)38-17-19-11-12-20-7-3-4-8-21(20)15-19/h3-16,28,34H,17H2,1-2H3/t28-/m0/s1. The van der Waals surface area contributed by atoms with Crippen molar-refractivity contribution < 1.29 is 19.1 Å². The second-order valence-electron chi connectivity index (χ2n) is 9.41. The van der Waals surface area contributed by atoms with Gasteiger partial charge in [0.2, 0.25) is 0 Å². The zero-order valence-corrected chi connectivity index (χ0v) is 23.0. The van der Waals surface area contributed by atoms with E-state index in [0.717, 1.165) is 31.7 Å². The molecular formula is C32H24INO4. The lowest BCUT2D eigenvalue weighted by Crippen LogP contribution is -2.29. The minimum Gasteiger partial charge on any atom is -0.488 e. The number of carbonyl (C=O) groups is 2. The van der Waals surface area contributed by atoms with Gasteiger partial charge in [0.05, 0.1) is 22.0 Å². The quantitative estimate of drug-likeness (QED) is 0.199. The maximum Gasteiger partial charge on any atom is 0.336 e. The van der Waals surface area contributed by atoms with Crippen LogP contribution in [-0.4, -0.2) is 18.9 Å². The molecule has 0 saturated carbocycles. The first-order valence-corrected chi connectivity index (χ1v) is 13.4. The molecule has 1 aliphatic carbocycles. The highest BCUT2D eigenvalue weighted by Gasteiger charge is 2.42. The molecule has 0 saturated heterocycles. The third-order valence-electron chi connectivity index (χ3n) is 7.15. The van der Waals surface area contributed by atoms with Gasteiger partial charge in [0.25, 0.3) is 0 Å². The smallest absolute Gasteiger partial charge is 0.336 e. The van der Waals surface area contributed by atoms with Gasteiger partial charge in [0.15, 0.2) is 5.78 Å². The number of allylic oxidation sites excluding steroid dienone is 2. The number of ether oxygens (including phenoxy) is 2. The van der Waals surface area contributed by atoms with E-state index in [9.17, 15) is 9.59 Å². The maximum absolute atomic E-state index is 13.6. The topological polar surface area (TPSA) is 64.6 Å². The van der Waals surface area contributed by atoms with E-state index in [1.807, 2.05) is 61.5 Å². The van der Waals surface area contributed by atoms with E-state index in [1.54, 1.807) is 0 Å². The highest BCUT2D eigenvalue weighted by Crippen LogP contribution is 2.47. The number of Topliss-reactive ketones (excluding diaryl/α,β-unsaturated/α-hetero) is 1. The summed E-state index contributed by atoms with van der Waals surface area (Å²) in [5, 5.41) is 5.69. The predicted molar refractivity (Wildman–Crippen MR) is 156 cm³/mol. The molecule has 5 nitrogen and oxygen atoms in total. The summed E-state index contributed by atoms with van der Waals surface area (Å²) in [6.07, 6.45) is 0. The second-order valence-corrected chi connectivity index (χ2v) is 10.6. The van der Waals surface area contributed by atoms with Gasteiger partial charge in [-0.05, 0) is 69.6 Å². The van der Waals surface area contributed by atoms with Gasteiger partial charge < -0.3 is 14.8 Å². The van der Waals surface area contributed by atoms with Gasteiger partial charge in [0, 0.05) is 28.3 Å². The molecular weight excluding hydrogens is 589 g/mol. The lowest BCUT2D eigenvalue weighted by molar-refractivity contribution is -0.136. The molecule has 38 heavy (non-hydrogen) atoms. The van der Waals surface area contributed by atoms with E-state index in [1.165, 1.54) is 17.9 Å². The van der Waals surface area contributed by atoms with Gasteiger partial charge in [-0.1, -0.05) is 66.7 Å². The molecule has 4 aromatic rings. The van der Waals surface area contributed by atoms with Crippen LogP contribution in [0.2, 0.25) is 0 Å². The number of benzene rings is 4. The Bertz CT molecular complexity index is 1700. The molecule has 4 aromatic carbocycles. The number of ketones is 1. The zero-order chi connectivity index (χ0) is 26.4. The molecule has 0 fully saturated rings. The Morgan fingerprint density at radius 3 is 2.42 bits per heavy atom. The Labute approximate surface area is 234 Å². The van der Waals surface area contributed by atoms with Crippen LogP contribution in [0.3, 0.4) is 0 Å². The second kappa shape index (κ2) is 9.76. The Morgan fingerprint density at radius 1 is 0.921 bits per heavy atom. The molecule has 0 amide bonds. The van der Waals surface area contributed by atoms with E-state index in [-0.39, 0.29) is 5.78 Å². The van der Waals surface area contributed by atoms with E-state index in [4.69, 9.17) is 9.47 Å². The molecule has 6 rings (SSSR count). The summed E-state index contributed by atoms with van der Waals surface area (Å²) in [5.41, 5.74) is 5.85. The van der Waals surface area contributed by atoms with Crippen LogP contribution in [0.4, 0.5) is 0 Å². The highest BCUT2D eigenvalue weighted by atomic mass is 127. The fourth-order valence-electron chi connectivity index (χ4n) is 5.35. The number of methoxy groups -OCH3 is 1. The zero-order valence-electron chi connectivity index (χ0n) is 20.9. The Morgan fingerprint density at radius 2 is 1.66 bits per heavy atom. The number of hydrogen-bond acceptors (Lipinski definition) is 5. The molecule has 0 unspecified atom stereocenters. The first kappa shape index (κ1) is 24.4. The first-order chi connectivity index (χ1) is 18.5. The molecule has 1 heterocycles. The molecule has 0 spiro atoms. The SMILES string of the molecule is COC(=O)C1=C(C)NC2=C(C(=O)c3ccccc32)[C@H]1c1ccc(OCc2ccc3ccccc3c2)c(I)c1. The summed E-state index contributed by atoms with van der Waals surface area (Å²) in [7, 11) is 1.36. The van der Waals surface area contributed by atoms with Gasteiger partial charge in [0.1, 0.15) is 12.4 Å². The van der Waals surface area contributed by atoms with E-state index in [0.29, 0.717) is 29.0 Å². The van der Waals surface area contributed by atoms with Crippen LogP contribution in [-0.2, 0) is 16.1 Å². The van der Waals surface area contributed by atoms with E-state index < -0.39 is 11.9 Å². The molecule has 0 bridgehead atoms. The third-order valence-corrected chi connectivity index (χ3v) is 7.99. The minimum atomic E-state index is -0.554. The van der Waals surface area contributed by atoms with Crippen molar-refractivity contribution in [2.45, 2.75) is 19.4 Å². The van der Waals surface area contributed by atoms with Gasteiger partial charge in [-0.15, -0.1) is 0 Å². The van der Waals surface area contributed by atoms with Crippen LogP contribution in [0.5, 0.6) is 5.75 Å². The van der Waals surface area contributed by atoms with Crippen molar-refractivity contribution in [2.24, 2.45) is 0 Å². The van der Waals surface area contributed by atoms with Gasteiger partial charge >= 0.3 is 5.97 Å². The molecule has 1 aliphatic heterocycles. The number of hydrogen-bond donors (Lipinski definition) is 1. The summed E-state index contributed by atoms with van der Waals surface area (Å²) in [5.74, 6) is -0.343. The Kier molecular flexibility index (Phi) is 6.27. The van der Waals surface area contributed by atoms with E-state index >= 15 is 0 Å².